The molecule has 26 heavy (non-hydrogen) atoms. The monoisotopic (exact) mass is 352 g/mol. The average molecular weight is 352 g/mol. The Kier molecular flexibility index (Phi) is 5.40. The predicted octanol–water partition coefficient (Wildman–Crippen LogP) is 1.70. The SMILES string of the molecule is CCOC(=O)CC1(NC(=O)c2ccc(C#Cc3ccccc3)o2)CNC1. The van der Waals surface area contributed by atoms with Gasteiger partial charge in [0, 0.05) is 18.7 Å². The predicted molar refractivity (Wildman–Crippen MR) is 95.4 cm³/mol. The van der Waals surface area contributed by atoms with Crippen LogP contribution in [0, 0.1) is 11.8 Å². The van der Waals surface area contributed by atoms with Crippen molar-refractivity contribution in [1.29, 1.82) is 0 Å². The van der Waals surface area contributed by atoms with E-state index in [1.807, 2.05) is 30.3 Å². The van der Waals surface area contributed by atoms with Gasteiger partial charge in [0.1, 0.15) is 0 Å². The van der Waals surface area contributed by atoms with Crippen molar-refractivity contribution in [1.82, 2.24) is 10.6 Å². The number of benzene rings is 1. The van der Waals surface area contributed by atoms with Crippen LogP contribution in [0.1, 0.15) is 35.2 Å². The molecule has 1 aliphatic heterocycles. The second kappa shape index (κ2) is 7.89. The molecule has 0 atom stereocenters. The third-order valence-electron chi connectivity index (χ3n) is 4.03. The van der Waals surface area contributed by atoms with Gasteiger partial charge in [-0.1, -0.05) is 24.1 Å². The molecule has 0 bridgehead atoms. The number of carbonyl (C=O) groups is 2. The highest BCUT2D eigenvalue weighted by atomic mass is 16.5. The topological polar surface area (TPSA) is 80.6 Å². The smallest absolute Gasteiger partial charge is 0.308 e. The summed E-state index contributed by atoms with van der Waals surface area (Å²) in [5.41, 5.74) is 0.232. The van der Waals surface area contributed by atoms with E-state index >= 15 is 0 Å². The quantitative estimate of drug-likeness (QED) is 0.632. The molecule has 0 spiro atoms. The zero-order chi connectivity index (χ0) is 18.4. The molecule has 2 N–H and O–H groups in total. The molecule has 134 valence electrons. The fourth-order valence-corrected chi connectivity index (χ4v) is 2.66. The van der Waals surface area contributed by atoms with E-state index in [-0.39, 0.29) is 24.1 Å². The maximum Gasteiger partial charge on any atom is 0.308 e. The highest BCUT2D eigenvalue weighted by molar-refractivity contribution is 5.92. The number of ether oxygens (including phenoxy) is 1. The van der Waals surface area contributed by atoms with Crippen molar-refractivity contribution in [2.45, 2.75) is 18.9 Å². The van der Waals surface area contributed by atoms with E-state index in [4.69, 9.17) is 9.15 Å². The van der Waals surface area contributed by atoms with Crippen LogP contribution in [0.5, 0.6) is 0 Å². The van der Waals surface area contributed by atoms with Crippen LogP contribution < -0.4 is 10.6 Å². The summed E-state index contributed by atoms with van der Waals surface area (Å²) in [4.78, 5) is 24.2. The Labute approximate surface area is 151 Å². The van der Waals surface area contributed by atoms with Crippen molar-refractivity contribution < 1.29 is 18.7 Å². The van der Waals surface area contributed by atoms with E-state index in [0.29, 0.717) is 25.5 Å². The van der Waals surface area contributed by atoms with Crippen LogP contribution in [0.15, 0.2) is 46.9 Å². The van der Waals surface area contributed by atoms with Crippen molar-refractivity contribution in [3.63, 3.8) is 0 Å². The van der Waals surface area contributed by atoms with Crippen LogP contribution in [-0.2, 0) is 9.53 Å². The molecule has 1 aromatic heterocycles. The fraction of sp³-hybridized carbons (Fsp3) is 0.300. The minimum Gasteiger partial charge on any atom is -0.466 e. The first-order valence-electron chi connectivity index (χ1n) is 8.46. The highest BCUT2D eigenvalue weighted by Crippen LogP contribution is 2.18. The van der Waals surface area contributed by atoms with Gasteiger partial charge in [0.25, 0.3) is 5.91 Å². The first kappa shape index (κ1) is 17.8. The van der Waals surface area contributed by atoms with Crippen molar-refractivity contribution >= 4 is 11.9 Å². The summed E-state index contributed by atoms with van der Waals surface area (Å²) in [6, 6.07) is 12.7. The lowest BCUT2D eigenvalue weighted by atomic mass is 9.88. The summed E-state index contributed by atoms with van der Waals surface area (Å²) in [6.07, 6.45) is 0.126. The van der Waals surface area contributed by atoms with Gasteiger partial charge in [0.2, 0.25) is 0 Å². The first-order valence-corrected chi connectivity index (χ1v) is 8.46. The van der Waals surface area contributed by atoms with E-state index in [1.54, 1.807) is 19.1 Å². The van der Waals surface area contributed by atoms with E-state index in [2.05, 4.69) is 22.5 Å². The number of rotatable bonds is 5. The van der Waals surface area contributed by atoms with Gasteiger partial charge < -0.3 is 19.8 Å². The Bertz CT molecular complexity index is 841. The van der Waals surface area contributed by atoms with Gasteiger partial charge in [-0.05, 0) is 37.1 Å². The van der Waals surface area contributed by atoms with Gasteiger partial charge in [-0.2, -0.15) is 0 Å². The molecule has 2 heterocycles. The number of hydrogen-bond donors (Lipinski definition) is 2. The van der Waals surface area contributed by atoms with Crippen LogP contribution in [-0.4, -0.2) is 37.1 Å². The van der Waals surface area contributed by atoms with E-state index < -0.39 is 5.54 Å². The molecule has 0 radical (unpaired) electrons. The summed E-state index contributed by atoms with van der Waals surface area (Å²) in [5, 5.41) is 5.95. The van der Waals surface area contributed by atoms with Crippen LogP contribution in [0.4, 0.5) is 0 Å². The number of nitrogens with one attached hydrogen (secondary N) is 2. The number of hydrogen-bond acceptors (Lipinski definition) is 5. The summed E-state index contributed by atoms with van der Waals surface area (Å²) in [7, 11) is 0. The van der Waals surface area contributed by atoms with Crippen molar-refractivity contribution in [2.75, 3.05) is 19.7 Å². The van der Waals surface area contributed by atoms with Gasteiger partial charge >= 0.3 is 5.97 Å². The number of furan rings is 1. The van der Waals surface area contributed by atoms with Crippen molar-refractivity contribution in [3.05, 3.63) is 59.5 Å². The number of amides is 1. The largest absolute Gasteiger partial charge is 0.466 e. The van der Waals surface area contributed by atoms with Gasteiger partial charge in [0.15, 0.2) is 11.5 Å². The third-order valence-corrected chi connectivity index (χ3v) is 4.03. The molecule has 2 aromatic rings. The lowest BCUT2D eigenvalue weighted by Gasteiger charge is -2.42. The minimum absolute atomic E-state index is 0.126. The molecule has 1 amide bonds. The molecule has 1 aliphatic rings. The molecule has 0 unspecified atom stereocenters. The molecule has 6 heteroatoms. The first-order chi connectivity index (χ1) is 12.6. The van der Waals surface area contributed by atoms with E-state index in [1.165, 1.54) is 0 Å². The number of esters is 1. The second-order valence-electron chi connectivity index (χ2n) is 6.10. The fourth-order valence-electron chi connectivity index (χ4n) is 2.66. The highest BCUT2D eigenvalue weighted by Gasteiger charge is 2.41. The Balaban J connectivity index is 1.64. The van der Waals surface area contributed by atoms with Crippen LogP contribution >= 0.6 is 0 Å². The lowest BCUT2D eigenvalue weighted by Crippen LogP contribution is -2.69. The Morgan fingerprint density at radius 3 is 2.62 bits per heavy atom. The van der Waals surface area contributed by atoms with Crippen LogP contribution in [0.3, 0.4) is 0 Å². The zero-order valence-corrected chi connectivity index (χ0v) is 14.5. The normalized spacial score (nSPS) is 14.5. The maximum absolute atomic E-state index is 12.4. The van der Waals surface area contributed by atoms with E-state index in [0.717, 1.165) is 5.56 Å². The zero-order valence-electron chi connectivity index (χ0n) is 14.5. The van der Waals surface area contributed by atoms with Crippen LogP contribution in [0.2, 0.25) is 0 Å². The molecule has 0 saturated carbocycles. The van der Waals surface area contributed by atoms with Crippen molar-refractivity contribution in [3.8, 4) is 11.8 Å². The standard InChI is InChI=1S/C20H20N2O4/c1-2-25-18(23)12-20(13-21-14-20)22-19(24)17-11-10-16(26-17)9-8-15-6-4-3-5-7-15/h3-7,10-11,21H,2,12-14H2,1H3,(H,22,24). The Hall–Kier alpha value is -3.04. The molecule has 6 nitrogen and oxygen atoms in total. The van der Waals surface area contributed by atoms with Crippen LogP contribution in [0.25, 0.3) is 0 Å². The van der Waals surface area contributed by atoms with Gasteiger partial charge in [-0.25, -0.2) is 0 Å². The Morgan fingerprint density at radius 1 is 1.19 bits per heavy atom. The summed E-state index contributed by atoms with van der Waals surface area (Å²) in [6.45, 7) is 3.10. The molecule has 1 fully saturated rings. The molecular formula is C20H20N2O4. The Morgan fingerprint density at radius 2 is 1.96 bits per heavy atom. The summed E-state index contributed by atoms with van der Waals surface area (Å²) < 4.78 is 10.5. The molecule has 1 saturated heterocycles. The maximum atomic E-state index is 12.4. The summed E-state index contributed by atoms with van der Waals surface area (Å²) in [5.74, 6) is 5.74. The number of carbonyl (C=O) groups excluding carboxylic acids is 2. The minimum atomic E-state index is -0.633. The second-order valence-corrected chi connectivity index (χ2v) is 6.10. The molecular weight excluding hydrogens is 332 g/mol. The van der Waals surface area contributed by atoms with Gasteiger partial charge in [-0.3, -0.25) is 9.59 Å². The van der Waals surface area contributed by atoms with E-state index in [9.17, 15) is 9.59 Å². The lowest BCUT2D eigenvalue weighted by molar-refractivity contribution is -0.145. The summed E-state index contributed by atoms with van der Waals surface area (Å²) >= 11 is 0. The molecule has 1 aromatic carbocycles. The molecule has 3 rings (SSSR count). The van der Waals surface area contributed by atoms with Crippen molar-refractivity contribution in [2.24, 2.45) is 0 Å². The van der Waals surface area contributed by atoms with Gasteiger partial charge in [-0.15, -0.1) is 0 Å². The molecule has 0 aliphatic carbocycles. The van der Waals surface area contributed by atoms with Gasteiger partial charge in [0.05, 0.1) is 18.6 Å². The average Bonchev–Trinajstić information content (AvgIpc) is 3.08. The third kappa shape index (κ3) is 4.32.